The molecule has 62 heavy (non-hydrogen) atoms. The number of hydrogen-bond acceptors (Lipinski definition) is 4. The number of pyridine rings is 1. The molecule has 0 radical (unpaired) electrons. The van der Waals surface area contributed by atoms with E-state index in [1.165, 1.54) is 49.4 Å². The lowest BCUT2D eigenvalue weighted by atomic mass is 9.89. The minimum atomic E-state index is -0.166. The van der Waals surface area contributed by atoms with Crippen LogP contribution in [0.1, 0.15) is 35.6 Å². The zero-order chi connectivity index (χ0) is 41.1. The van der Waals surface area contributed by atoms with Gasteiger partial charge in [-0.3, -0.25) is 0 Å². The van der Waals surface area contributed by atoms with Crippen LogP contribution in [0.4, 0.5) is 0 Å². The summed E-state index contributed by atoms with van der Waals surface area (Å²) in [6.45, 7) is 0. The third kappa shape index (κ3) is 5.98. The Morgan fingerprint density at radius 3 is 1.94 bits per heavy atom. The van der Waals surface area contributed by atoms with E-state index in [9.17, 15) is 0 Å². The Morgan fingerprint density at radius 1 is 0.532 bits per heavy atom. The number of amidine groups is 1. The lowest BCUT2D eigenvalue weighted by Crippen LogP contribution is -2.34. The summed E-state index contributed by atoms with van der Waals surface area (Å²) in [5.41, 5.74) is 14.0. The maximum Gasteiger partial charge on any atom is 0.147 e. The number of furan rings is 1. The highest BCUT2D eigenvalue weighted by atomic mass is 16.3. The summed E-state index contributed by atoms with van der Waals surface area (Å²) in [5, 5.41) is 7.91. The number of hydrogen-bond donors (Lipinski definition) is 0. The number of allylic oxidation sites excluding steroid dienone is 4. The molecule has 0 spiro atoms. The molecule has 4 nitrogen and oxygen atoms in total. The van der Waals surface area contributed by atoms with Gasteiger partial charge in [-0.2, -0.15) is 0 Å². The first-order valence-electron chi connectivity index (χ1n) is 21.5. The molecule has 1 atom stereocenters. The molecule has 0 amide bonds. The molecule has 1 unspecified atom stereocenters. The van der Waals surface area contributed by atoms with Crippen molar-refractivity contribution in [3.05, 3.63) is 228 Å². The third-order valence-corrected chi connectivity index (χ3v) is 12.9. The molecule has 0 bridgehead atoms. The Labute approximate surface area is 360 Å². The molecule has 2 aromatic heterocycles. The molecule has 1 aliphatic heterocycles. The van der Waals surface area contributed by atoms with E-state index >= 15 is 0 Å². The zero-order valence-electron chi connectivity index (χ0n) is 34.3. The maximum atomic E-state index is 7.03. The minimum Gasteiger partial charge on any atom is -0.455 e. The number of nitrogens with zero attached hydrogens (tertiary/aromatic N) is 3. The number of aliphatic imine (C=N–C) groups is 1. The Bertz CT molecular complexity index is 3520. The fourth-order valence-electron chi connectivity index (χ4n) is 9.78. The van der Waals surface area contributed by atoms with Gasteiger partial charge in [-0.05, 0) is 92.1 Å². The van der Waals surface area contributed by atoms with Crippen molar-refractivity contribution < 1.29 is 4.42 Å². The van der Waals surface area contributed by atoms with Crippen LogP contribution < -0.4 is 0 Å². The van der Waals surface area contributed by atoms with Gasteiger partial charge in [-0.15, -0.1) is 0 Å². The Hall–Kier alpha value is -7.82. The topological polar surface area (TPSA) is 41.6 Å². The van der Waals surface area contributed by atoms with E-state index in [2.05, 4.69) is 212 Å². The van der Waals surface area contributed by atoms with E-state index in [1.54, 1.807) is 0 Å². The lowest BCUT2D eigenvalue weighted by Gasteiger charge is -2.34. The van der Waals surface area contributed by atoms with Gasteiger partial charge in [0.25, 0.3) is 0 Å². The largest absolute Gasteiger partial charge is 0.455 e. The lowest BCUT2D eigenvalue weighted by molar-refractivity contribution is 0.432. The van der Waals surface area contributed by atoms with Gasteiger partial charge in [0.1, 0.15) is 17.0 Å². The first-order chi connectivity index (χ1) is 30.7. The summed E-state index contributed by atoms with van der Waals surface area (Å²) in [5.74, 6) is 0.927. The predicted octanol–water partition coefficient (Wildman–Crippen LogP) is 14.9. The second-order valence-corrected chi connectivity index (χ2v) is 16.4. The smallest absolute Gasteiger partial charge is 0.147 e. The van der Waals surface area contributed by atoms with Gasteiger partial charge in [0.15, 0.2) is 0 Å². The fourth-order valence-corrected chi connectivity index (χ4v) is 9.78. The van der Waals surface area contributed by atoms with Crippen molar-refractivity contribution in [1.82, 2.24) is 9.88 Å². The number of fused-ring (bicyclic) bond motifs is 8. The summed E-state index contributed by atoms with van der Waals surface area (Å²) in [7, 11) is 2.17. The monoisotopic (exact) mass is 795 g/mol. The Kier molecular flexibility index (Phi) is 8.56. The molecule has 0 saturated carbocycles. The van der Waals surface area contributed by atoms with E-state index in [0.717, 1.165) is 79.6 Å². The predicted molar refractivity (Wildman–Crippen MR) is 258 cm³/mol. The molecule has 3 heterocycles. The van der Waals surface area contributed by atoms with Crippen LogP contribution in [0.2, 0.25) is 0 Å². The molecular weight excluding hydrogens is 755 g/mol. The minimum absolute atomic E-state index is 0.166. The highest BCUT2D eigenvalue weighted by Gasteiger charge is 2.30. The Balaban J connectivity index is 1.07. The standard InChI is InChI=1S/C58H41N3O/c1-61-52(36-51(41-31-27-39(28-32-41)37-15-4-2-5-16-37)60-58(61)42-33-29-40(30-34-42)38-17-6-3-7-18-38)47-24-14-25-50-54(47)57-55(48-23-12-13-26-53(48)62-57)56(59-50)49-35-43-19-8-9-20-44(43)45-21-10-11-22-46(45)49/h2-27,29-31,33-36,52H,28,32H2,1H3. The van der Waals surface area contributed by atoms with Crippen LogP contribution in [0.5, 0.6) is 0 Å². The van der Waals surface area contributed by atoms with E-state index in [0.29, 0.717) is 0 Å². The average molecular weight is 796 g/mol. The highest BCUT2D eigenvalue weighted by Crippen LogP contribution is 2.46. The van der Waals surface area contributed by atoms with Gasteiger partial charge in [0, 0.05) is 28.9 Å². The van der Waals surface area contributed by atoms with Gasteiger partial charge in [-0.25, -0.2) is 9.98 Å². The van der Waals surface area contributed by atoms with Crippen LogP contribution in [0, 0.1) is 0 Å². The van der Waals surface area contributed by atoms with Crippen molar-refractivity contribution in [2.45, 2.75) is 18.9 Å². The third-order valence-electron chi connectivity index (χ3n) is 12.9. The zero-order valence-corrected chi connectivity index (χ0v) is 34.3. The first kappa shape index (κ1) is 36.1. The fraction of sp³-hybridized carbons (Fsp3) is 0.0690. The summed E-state index contributed by atoms with van der Waals surface area (Å²) < 4.78 is 7.03. The van der Waals surface area contributed by atoms with Crippen molar-refractivity contribution in [2.75, 3.05) is 7.05 Å². The number of likely N-dealkylation sites (N-methyl/N-ethyl adjacent to an activating group) is 1. The summed E-state index contributed by atoms with van der Waals surface area (Å²) in [6.07, 6.45) is 8.77. The van der Waals surface area contributed by atoms with Gasteiger partial charge >= 0.3 is 0 Å². The van der Waals surface area contributed by atoms with Gasteiger partial charge in [0.05, 0.1) is 28.3 Å². The molecule has 4 heteroatoms. The Morgan fingerprint density at radius 2 is 1.16 bits per heavy atom. The number of para-hydroxylation sites is 1. The number of rotatable bonds is 6. The van der Waals surface area contributed by atoms with E-state index in [4.69, 9.17) is 14.4 Å². The normalized spacial score (nSPS) is 15.6. The van der Waals surface area contributed by atoms with Gasteiger partial charge in [-0.1, -0.05) is 176 Å². The van der Waals surface area contributed by atoms with Crippen LogP contribution in [0.3, 0.4) is 0 Å². The van der Waals surface area contributed by atoms with E-state index in [-0.39, 0.29) is 6.04 Å². The number of aromatic nitrogens is 1. The average Bonchev–Trinajstić information content (AvgIpc) is 3.74. The second kappa shape index (κ2) is 14.7. The number of benzene rings is 8. The van der Waals surface area contributed by atoms with Crippen LogP contribution in [-0.2, 0) is 0 Å². The molecule has 12 rings (SSSR count). The van der Waals surface area contributed by atoms with Crippen molar-refractivity contribution >= 4 is 65.8 Å². The van der Waals surface area contributed by atoms with Gasteiger partial charge in [0.2, 0.25) is 0 Å². The summed E-state index contributed by atoms with van der Waals surface area (Å²) in [6, 6.07) is 64.5. The molecule has 10 aromatic rings. The molecule has 2 aliphatic rings. The van der Waals surface area contributed by atoms with Crippen LogP contribution >= 0.6 is 0 Å². The van der Waals surface area contributed by atoms with Crippen LogP contribution in [-0.4, -0.2) is 22.8 Å². The summed E-state index contributed by atoms with van der Waals surface area (Å²) >= 11 is 0. The van der Waals surface area contributed by atoms with Crippen LogP contribution in [0.15, 0.2) is 221 Å². The SMILES string of the molecule is CN1C(c2ccc(-c3ccccc3)cc2)=NC(C2=CC=C(c3ccccc3)CC2)=CC1c1cccc2nc(-c3cc4ccccc4c4ccccc34)c3c4ccccc4oc3c12. The van der Waals surface area contributed by atoms with Gasteiger partial charge < -0.3 is 9.32 Å². The van der Waals surface area contributed by atoms with Crippen molar-refractivity contribution in [3.63, 3.8) is 0 Å². The molecule has 0 saturated heterocycles. The highest BCUT2D eigenvalue weighted by molar-refractivity contribution is 6.23. The first-order valence-corrected chi connectivity index (χ1v) is 21.5. The molecule has 1 aliphatic carbocycles. The molecule has 294 valence electrons. The summed E-state index contributed by atoms with van der Waals surface area (Å²) in [4.78, 5) is 13.5. The van der Waals surface area contributed by atoms with E-state index < -0.39 is 0 Å². The van der Waals surface area contributed by atoms with Crippen molar-refractivity contribution in [2.24, 2.45) is 4.99 Å². The molecular formula is C58H41N3O. The van der Waals surface area contributed by atoms with Crippen molar-refractivity contribution in [1.29, 1.82) is 0 Å². The molecule has 8 aromatic carbocycles. The van der Waals surface area contributed by atoms with Crippen molar-refractivity contribution in [3.8, 4) is 22.4 Å². The second-order valence-electron chi connectivity index (χ2n) is 16.4. The maximum absolute atomic E-state index is 7.03. The van der Waals surface area contributed by atoms with E-state index in [1.807, 2.05) is 0 Å². The molecule has 0 N–H and O–H groups in total. The molecule has 0 fully saturated rings. The van der Waals surface area contributed by atoms with Crippen LogP contribution in [0.25, 0.3) is 82.3 Å². The quantitative estimate of drug-likeness (QED) is 0.157.